The van der Waals surface area contributed by atoms with Crippen molar-refractivity contribution in [3.05, 3.63) is 29.2 Å². The van der Waals surface area contributed by atoms with Crippen molar-refractivity contribution in [1.29, 1.82) is 0 Å². The highest BCUT2D eigenvalue weighted by atomic mass is 19.4. The molecule has 1 amide bonds. The summed E-state index contributed by atoms with van der Waals surface area (Å²) in [5.74, 6) is -1.24. The molecule has 4 rings (SSSR count). The second kappa shape index (κ2) is 8.29. The maximum atomic E-state index is 13.0. The molecule has 2 aromatic heterocycles. The van der Waals surface area contributed by atoms with E-state index >= 15 is 0 Å². The van der Waals surface area contributed by atoms with Gasteiger partial charge in [0, 0.05) is 17.7 Å². The zero-order valence-electron chi connectivity index (χ0n) is 17.9. The van der Waals surface area contributed by atoms with Gasteiger partial charge in [0.1, 0.15) is 6.10 Å². The van der Waals surface area contributed by atoms with Gasteiger partial charge in [0.2, 0.25) is 0 Å². The lowest BCUT2D eigenvalue weighted by Gasteiger charge is -2.37. The maximum Gasteiger partial charge on any atom is 0.409 e. The van der Waals surface area contributed by atoms with Gasteiger partial charge >= 0.3 is 12.3 Å². The molecule has 2 aromatic rings. The predicted molar refractivity (Wildman–Crippen MR) is 106 cm³/mol. The molecule has 2 fully saturated rings. The first kappa shape index (κ1) is 21.9. The van der Waals surface area contributed by atoms with E-state index in [4.69, 9.17) is 14.6 Å². The number of hydrogen-bond donors (Lipinski definition) is 0. The van der Waals surface area contributed by atoms with Crippen molar-refractivity contribution >= 4 is 11.7 Å². The third-order valence-electron chi connectivity index (χ3n) is 6.38. The molecule has 0 aromatic carbocycles. The average molecular weight is 440 g/mol. The van der Waals surface area contributed by atoms with Gasteiger partial charge in [-0.3, -0.25) is 0 Å². The van der Waals surface area contributed by atoms with Crippen LogP contribution >= 0.6 is 0 Å². The Morgan fingerprint density at radius 2 is 1.94 bits per heavy atom. The fourth-order valence-corrected chi connectivity index (χ4v) is 4.60. The zero-order chi connectivity index (χ0) is 22.3. The summed E-state index contributed by atoms with van der Waals surface area (Å²) in [6.45, 7) is 4.44. The Hall–Kier alpha value is -2.36. The molecular formula is C21H27F3N4O3. The van der Waals surface area contributed by atoms with Gasteiger partial charge in [-0.2, -0.15) is 18.3 Å². The van der Waals surface area contributed by atoms with Crippen LogP contribution in [0.5, 0.6) is 0 Å². The molecule has 1 aliphatic carbocycles. The number of alkyl halides is 3. The van der Waals surface area contributed by atoms with Crippen molar-refractivity contribution < 1.29 is 27.4 Å². The summed E-state index contributed by atoms with van der Waals surface area (Å²) < 4.78 is 51.6. The van der Waals surface area contributed by atoms with Gasteiger partial charge in [0.05, 0.1) is 43.6 Å². The summed E-state index contributed by atoms with van der Waals surface area (Å²) in [6, 6.07) is 3.62. The van der Waals surface area contributed by atoms with Crippen LogP contribution in [0.2, 0.25) is 0 Å². The summed E-state index contributed by atoms with van der Waals surface area (Å²) in [4.78, 5) is 18.3. The monoisotopic (exact) mass is 440 g/mol. The quantitative estimate of drug-likeness (QED) is 0.692. The van der Waals surface area contributed by atoms with Crippen LogP contribution in [0.15, 0.2) is 12.1 Å². The fraction of sp³-hybridized carbons (Fsp3) is 0.667. The molecular weight excluding hydrogens is 413 g/mol. The van der Waals surface area contributed by atoms with E-state index in [9.17, 15) is 18.0 Å². The van der Waals surface area contributed by atoms with Gasteiger partial charge in [-0.25, -0.2) is 14.3 Å². The van der Waals surface area contributed by atoms with Crippen LogP contribution in [0.25, 0.3) is 5.65 Å². The highest BCUT2D eigenvalue weighted by Crippen LogP contribution is 2.42. The Kier molecular flexibility index (Phi) is 5.85. The maximum absolute atomic E-state index is 13.0. The van der Waals surface area contributed by atoms with Gasteiger partial charge in [0.25, 0.3) is 0 Å². The van der Waals surface area contributed by atoms with Crippen molar-refractivity contribution in [3.63, 3.8) is 0 Å². The van der Waals surface area contributed by atoms with E-state index < -0.39 is 24.3 Å². The third-order valence-corrected chi connectivity index (χ3v) is 6.38. The second-order valence-corrected chi connectivity index (χ2v) is 8.55. The smallest absolute Gasteiger partial charge is 0.409 e. The zero-order valence-corrected chi connectivity index (χ0v) is 17.9. The number of carbonyl (C=O) groups excluding carboxylic acids is 1. The molecule has 2 atom stereocenters. The minimum absolute atomic E-state index is 0.0210. The third kappa shape index (κ3) is 4.35. The number of ether oxygens (including phenoxy) is 2. The van der Waals surface area contributed by atoms with Crippen LogP contribution < -0.4 is 0 Å². The van der Waals surface area contributed by atoms with Crippen molar-refractivity contribution in [2.75, 3.05) is 20.3 Å². The summed E-state index contributed by atoms with van der Waals surface area (Å²) in [6.07, 6.45) is -3.79. The first-order valence-corrected chi connectivity index (χ1v) is 10.6. The van der Waals surface area contributed by atoms with E-state index in [1.54, 1.807) is 9.42 Å². The Morgan fingerprint density at radius 3 is 2.58 bits per heavy atom. The lowest BCUT2D eigenvalue weighted by Crippen LogP contribution is -2.48. The average Bonchev–Trinajstić information content (AvgIpc) is 3.16. The minimum atomic E-state index is -4.13. The molecule has 0 N–H and O–H groups in total. The molecule has 1 aliphatic heterocycles. The molecule has 1 saturated carbocycles. The molecule has 0 spiro atoms. The van der Waals surface area contributed by atoms with Crippen molar-refractivity contribution in [2.24, 2.45) is 5.92 Å². The van der Waals surface area contributed by atoms with E-state index in [0.717, 1.165) is 17.1 Å². The van der Waals surface area contributed by atoms with Crippen LogP contribution in [-0.2, 0) is 9.47 Å². The predicted octanol–water partition coefficient (Wildman–Crippen LogP) is 4.40. The molecule has 2 aliphatic rings. The van der Waals surface area contributed by atoms with Gasteiger partial charge in [-0.15, -0.1) is 0 Å². The minimum Gasteiger partial charge on any atom is -0.453 e. The second-order valence-electron chi connectivity index (χ2n) is 8.55. The van der Waals surface area contributed by atoms with E-state index in [1.807, 2.05) is 26.0 Å². The largest absolute Gasteiger partial charge is 0.453 e. The lowest BCUT2D eigenvalue weighted by atomic mass is 9.80. The van der Waals surface area contributed by atoms with Crippen LogP contribution in [-0.4, -0.2) is 58.1 Å². The van der Waals surface area contributed by atoms with E-state index in [2.05, 4.69) is 4.98 Å². The van der Waals surface area contributed by atoms with Crippen LogP contribution in [0.1, 0.15) is 61.7 Å². The molecule has 1 saturated heterocycles. The summed E-state index contributed by atoms with van der Waals surface area (Å²) in [7, 11) is 1.35. The number of aryl methyl sites for hydroxylation is 1. The number of rotatable bonds is 2. The Labute approximate surface area is 178 Å². The molecule has 7 nitrogen and oxygen atoms in total. The Morgan fingerprint density at radius 1 is 1.23 bits per heavy atom. The standard InChI is InChI=1S/C21H27F3N4O3/c1-12-8-17(18-10-27(20(29)30-3)13(2)11-31-18)28-19(25-12)9-16(26-28)14-4-6-15(7-5-14)21(22,23)24/h8-9,13-15,18H,4-7,10-11H2,1-3H3/t13-,14?,15?,18+/m1/s1. The summed E-state index contributed by atoms with van der Waals surface area (Å²) >= 11 is 0. The number of methoxy groups -OCH3 is 1. The highest BCUT2D eigenvalue weighted by molar-refractivity contribution is 5.68. The van der Waals surface area contributed by atoms with Gasteiger partial charge in [-0.05, 0) is 45.6 Å². The molecule has 0 radical (unpaired) electrons. The van der Waals surface area contributed by atoms with Gasteiger partial charge < -0.3 is 14.4 Å². The normalized spacial score (nSPS) is 27.5. The topological polar surface area (TPSA) is 69.0 Å². The van der Waals surface area contributed by atoms with Gasteiger partial charge in [0.15, 0.2) is 5.65 Å². The molecule has 10 heteroatoms. The number of carbonyl (C=O) groups is 1. The Bertz CT molecular complexity index is 953. The first-order valence-electron chi connectivity index (χ1n) is 10.6. The summed E-state index contributed by atoms with van der Waals surface area (Å²) in [5.41, 5.74) is 2.93. The lowest BCUT2D eigenvalue weighted by molar-refractivity contribution is -0.182. The van der Waals surface area contributed by atoms with Crippen LogP contribution in [0.4, 0.5) is 18.0 Å². The van der Waals surface area contributed by atoms with E-state index in [0.29, 0.717) is 31.6 Å². The number of aromatic nitrogens is 3. The first-order chi connectivity index (χ1) is 14.7. The van der Waals surface area contributed by atoms with Crippen LogP contribution in [0, 0.1) is 12.8 Å². The number of amides is 1. The summed E-state index contributed by atoms with van der Waals surface area (Å²) in [5, 5.41) is 4.71. The number of morpholine rings is 1. The van der Waals surface area contributed by atoms with Crippen molar-refractivity contribution in [2.45, 2.75) is 63.8 Å². The Balaban J connectivity index is 1.60. The fourth-order valence-electron chi connectivity index (χ4n) is 4.60. The number of halogens is 3. The highest BCUT2D eigenvalue weighted by Gasteiger charge is 2.42. The number of hydrogen-bond acceptors (Lipinski definition) is 5. The molecule has 170 valence electrons. The van der Waals surface area contributed by atoms with E-state index in [-0.39, 0.29) is 24.8 Å². The molecule has 3 heterocycles. The van der Waals surface area contributed by atoms with Crippen molar-refractivity contribution in [1.82, 2.24) is 19.5 Å². The molecule has 0 bridgehead atoms. The molecule has 31 heavy (non-hydrogen) atoms. The molecule has 0 unspecified atom stereocenters. The van der Waals surface area contributed by atoms with Crippen LogP contribution in [0.3, 0.4) is 0 Å². The van der Waals surface area contributed by atoms with Gasteiger partial charge in [-0.1, -0.05) is 0 Å². The number of fused-ring (bicyclic) bond motifs is 1. The number of nitrogens with zero attached hydrogens (tertiary/aromatic N) is 4. The SMILES string of the molecule is COC(=O)N1C[C@@H](c2cc(C)nc3cc(C4CCC(C(F)(F)F)CC4)nn23)OC[C@H]1C. The van der Waals surface area contributed by atoms with E-state index in [1.165, 1.54) is 7.11 Å². The van der Waals surface area contributed by atoms with Crippen molar-refractivity contribution in [3.8, 4) is 0 Å².